The molecule has 3 rings (SSSR count). The van der Waals surface area contributed by atoms with Gasteiger partial charge in [-0.05, 0) is 29.7 Å². The number of aromatic hydroxyl groups is 2. The van der Waals surface area contributed by atoms with Gasteiger partial charge in [-0.1, -0.05) is 30.3 Å². The average Bonchev–Trinajstić information content (AvgIpc) is 2.52. The molecule has 3 aromatic rings. The van der Waals surface area contributed by atoms with Gasteiger partial charge in [-0.15, -0.1) is 0 Å². The zero-order valence-corrected chi connectivity index (χ0v) is 11.6. The number of nitrogen functional groups attached to an aromatic ring is 1. The summed E-state index contributed by atoms with van der Waals surface area (Å²) in [6.07, 6.45) is 0.407. The lowest BCUT2D eigenvalue weighted by atomic mass is 9.95. The molecular formula is C17H13N3O2. The molecule has 1 aromatic heterocycles. The van der Waals surface area contributed by atoms with Gasteiger partial charge in [-0.25, -0.2) is 4.98 Å². The van der Waals surface area contributed by atoms with Crippen LogP contribution >= 0.6 is 0 Å². The topological polar surface area (TPSA) is 103 Å². The van der Waals surface area contributed by atoms with Gasteiger partial charge in [0.15, 0.2) is 11.5 Å². The molecule has 0 amide bonds. The Kier molecular flexibility index (Phi) is 3.28. The Hall–Kier alpha value is -3.26. The van der Waals surface area contributed by atoms with Crippen molar-refractivity contribution in [1.29, 1.82) is 5.26 Å². The SMILES string of the molecule is N#Cc1c(N)nc2ccc(O)c(O)c2c1Cc1ccccc1. The minimum Gasteiger partial charge on any atom is -0.504 e. The molecule has 1 heterocycles. The molecule has 0 bridgehead atoms. The number of phenols is 2. The van der Waals surface area contributed by atoms with Gasteiger partial charge >= 0.3 is 0 Å². The third-order valence-corrected chi connectivity index (χ3v) is 3.57. The van der Waals surface area contributed by atoms with Crippen LogP contribution in [0, 0.1) is 11.3 Å². The van der Waals surface area contributed by atoms with Gasteiger partial charge in [0.2, 0.25) is 0 Å². The Balaban J connectivity index is 2.34. The van der Waals surface area contributed by atoms with Crippen LogP contribution in [0.25, 0.3) is 10.9 Å². The van der Waals surface area contributed by atoms with Crippen LogP contribution in [0.4, 0.5) is 5.82 Å². The van der Waals surface area contributed by atoms with Gasteiger partial charge in [0.05, 0.1) is 16.5 Å². The Morgan fingerprint density at radius 2 is 1.82 bits per heavy atom. The molecule has 4 N–H and O–H groups in total. The lowest BCUT2D eigenvalue weighted by Crippen LogP contribution is -2.03. The Bertz CT molecular complexity index is 899. The number of pyridine rings is 1. The molecule has 0 aliphatic rings. The van der Waals surface area contributed by atoms with Gasteiger partial charge in [-0.3, -0.25) is 0 Å². The van der Waals surface area contributed by atoms with Crippen molar-refractivity contribution in [2.24, 2.45) is 0 Å². The number of aromatic nitrogens is 1. The van der Waals surface area contributed by atoms with Crippen LogP contribution in [0.3, 0.4) is 0 Å². The van der Waals surface area contributed by atoms with Crippen molar-refractivity contribution < 1.29 is 10.2 Å². The number of hydrogen-bond donors (Lipinski definition) is 3. The summed E-state index contributed by atoms with van der Waals surface area (Å²) in [5.41, 5.74) is 8.05. The van der Waals surface area contributed by atoms with E-state index in [1.165, 1.54) is 6.07 Å². The van der Waals surface area contributed by atoms with Gasteiger partial charge in [0.1, 0.15) is 11.9 Å². The number of nitriles is 1. The maximum absolute atomic E-state index is 10.2. The molecule has 0 atom stereocenters. The third kappa shape index (κ3) is 2.17. The zero-order valence-electron chi connectivity index (χ0n) is 11.6. The molecule has 0 spiro atoms. The van der Waals surface area contributed by atoms with E-state index in [-0.39, 0.29) is 22.9 Å². The van der Waals surface area contributed by atoms with Crippen molar-refractivity contribution in [3.8, 4) is 17.6 Å². The smallest absolute Gasteiger partial charge is 0.167 e. The summed E-state index contributed by atoms with van der Waals surface area (Å²) < 4.78 is 0. The molecule has 2 aromatic carbocycles. The van der Waals surface area contributed by atoms with Crippen LogP contribution in [-0.2, 0) is 6.42 Å². The second-order valence-corrected chi connectivity index (χ2v) is 4.95. The number of hydrogen-bond acceptors (Lipinski definition) is 5. The van der Waals surface area contributed by atoms with Crippen molar-refractivity contribution in [3.63, 3.8) is 0 Å². The van der Waals surface area contributed by atoms with Crippen molar-refractivity contribution in [2.45, 2.75) is 6.42 Å². The van der Waals surface area contributed by atoms with Crippen LogP contribution in [0.2, 0.25) is 0 Å². The van der Waals surface area contributed by atoms with Gasteiger partial charge in [0.25, 0.3) is 0 Å². The van der Waals surface area contributed by atoms with Crippen LogP contribution in [-0.4, -0.2) is 15.2 Å². The molecule has 0 unspecified atom stereocenters. The van der Waals surface area contributed by atoms with E-state index in [9.17, 15) is 15.5 Å². The number of nitrogens with two attached hydrogens (primary N) is 1. The lowest BCUT2D eigenvalue weighted by Gasteiger charge is -2.13. The predicted molar refractivity (Wildman–Crippen MR) is 83.4 cm³/mol. The standard InChI is InChI=1S/C17H13N3O2/c18-9-12-11(8-10-4-2-1-3-5-10)15-13(20-17(12)19)6-7-14(21)16(15)22/h1-7,21-22H,8H2,(H2,19,20). The summed E-state index contributed by atoms with van der Waals surface area (Å²) >= 11 is 0. The highest BCUT2D eigenvalue weighted by atomic mass is 16.3. The molecule has 108 valence electrons. The Morgan fingerprint density at radius 3 is 2.50 bits per heavy atom. The monoisotopic (exact) mass is 291 g/mol. The van der Waals surface area contributed by atoms with E-state index in [4.69, 9.17) is 5.73 Å². The summed E-state index contributed by atoms with van der Waals surface area (Å²) in [7, 11) is 0. The first kappa shape index (κ1) is 13.7. The van der Waals surface area contributed by atoms with Crippen LogP contribution < -0.4 is 5.73 Å². The average molecular weight is 291 g/mol. The summed E-state index contributed by atoms with van der Waals surface area (Å²) in [5.74, 6) is -0.421. The van der Waals surface area contributed by atoms with E-state index in [1.54, 1.807) is 6.07 Å². The quantitative estimate of drug-likeness (QED) is 0.630. The molecule has 0 fully saturated rings. The molecule has 22 heavy (non-hydrogen) atoms. The van der Waals surface area contributed by atoms with E-state index in [0.29, 0.717) is 22.9 Å². The molecule has 0 radical (unpaired) electrons. The second-order valence-electron chi connectivity index (χ2n) is 4.95. The van der Waals surface area contributed by atoms with Gasteiger partial charge < -0.3 is 15.9 Å². The highest BCUT2D eigenvalue weighted by molar-refractivity contribution is 5.94. The fourth-order valence-electron chi connectivity index (χ4n) is 2.53. The van der Waals surface area contributed by atoms with Crippen LogP contribution in [0.1, 0.15) is 16.7 Å². The fourth-order valence-corrected chi connectivity index (χ4v) is 2.53. The molecule has 0 aliphatic carbocycles. The van der Waals surface area contributed by atoms with E-state index in [1.807, 2.05) is 36.4 Å². The first-order valence-corrected chi connectivity index (χ1v) is 6.69. The number of phenolic OH excluding ortho intramolecular Hbond substituents is 2. The molecule has 5 heteroatoms. The van der Waals surface area contributed by atoms with Crippen molar-refractivity contribution >= 4 is 16.7 Å². The number of benzene rings is 2. The highest BCUT2D eigenvalue weighted by Gasteiger charge is 2.18. The maximum Gasteiger partial charge on any atom is 0.167 e. The summed E-state index contributed by atoms with van der Waals surface area (Å²) in [6, 6.07) is 14.5. The molecule has 0 aliphatic heterocycles. The Morgan fingerprint density at radius 1 is 1.09 bits per heavy atom. The van der Waals surface area contributed by atoms with E-state index in [2.05, 4.69) is 4.98 Å². The minimum absolute atomic E-state index is 0.117. The van der Waals surface area contributed by atoms with E-state index >= 15 is 0 Å². The molecule has 0 saturated heterocycles. The number of fused-ring (bicyclic) bond motifs is 1. The normalized spacial score (nSPS) is 10.5. The fraction of sp³-hybridized carbons (Fsp3) is 0.0588. The zero-order chi connectivity index (χ0) is 15.7. The second kappa shape index (κ2) is 5.26. The first-order chi connectivity index (χ1) is 10.6. The largest absolute Gasteiger partial charge is 0.504 e. The summed E-state index contributed by atoms with van der Waals surface area (Å²) in [4.78, 5) is 4.13. The van der Waals surface area contributed by atoms with Crippen molar-refractivity contribution in [2.75, 3.05) is 5.73 Å². The highest BCUT2D eigenvalue weighted by Crippen LogP contribution is 2.38. The van der Waals surface area contributed by atoms with Gasteiger partial charge in [-0.2, -0.15) is 5.26 Å². The minimum atomic E-state index is -0.285. The maximum atomic E-state index is 10.2. The summed E-state index contributed by atoms with van der Waals surface area (Å²) in [5, 5.41) is 29.7. The first-order valence-electron chi connectivity index (χ1n) is 6.69. The van der Waals surface area contributed by atoms with Crippen molar-refractivity contribution in [3.05, 3.63) is 59.2 Å². The number of anilines is 1. The predicted octanol–water partition coefficient (Wildman–Crippen LogP) is 2.69. The molecular weight excluding hydrogens is 278 g/mol. The third-order valence-electron chi connectivity index (χ3n) is 3.57. The molecule has 0 saturated carbocycles. The van der Waals surface area contributed by atoms with Crippen molar-refractivity contribution in [1.82, 2.24) is 4.98 Å². The number of nitrogens with zero attached hydrogens (tertiary/aromatic N) is 2. The number of rotatable bonds is 2. The van der Waals surface area contributed by atoms with E-state index < -0.39 is 0 Å². The van der Waals surface area contributed by atoms with Crippen LogP contribution in [0.5, 0.6) is 11.5 Å². The Labute approximate surface area is 126 Å². The van der Waals surface area contributed by atoms with E-state index in [0.717, 1.165) is 5.56 Å². The van der Waals surface area contributed by atoms with Gasteiger partial charge in [0, 0.05) is 0 Å². The summed E-state index contributed by atoms with van der Waals surface area (Å²) in [6.45, 7) is 0. The lowest BCUT2D eigenvalue weighted by molar-refractivity contribution is 0.408. The van der Waals surface area contributed by atoms with Crippen LogP contribution in [0.15, 0.2) is 42.5 Å². The molecule has 5 nitrogen and oxygen atoms in total.